The van der Waals surface area contributed by atoms with Crippen LogP contribution in [-0.2, 0) is 14.4 Å². The molecule has 1 aliphatic rings. The van der Waals surface area contributed by atoms with E-state index in [-0.39, 0.29) is 12.4 Å². The van der Waals surface area contributed by atoms with E-state index in [2.05, 4.69) is 10.3 Å². The van der Waals surface area contributed by atoms with Crippen molar-refractivity contribution in [2.24, 2.45) is 22.2 Å². The Morgan fingerprint density at radius 1 is 1.38 bits per heavy atom. The number of hydrogen-bond donors (Lipinski definition) is 5. The number of likely N-dealkylation sites (tertiary alicyclic amines) is 1. The van der Waals surface area contributed by atoms with Crippen LogP contribution in [0.3, 0.4) is 0 Å². The Kier molecular flexibility index (Phi) is 7.43. The molecule has 1 fully saturated rings. The Morgan fingerprint density at radius 2 is 2.04 bits per heavy atom. The number of nitrogens with zero attached hydrogens (tertiary/aromatic N) is 2. The average molecular weight is 342 g/mol. The number of carboxylic acid groups (broad SMARTS) is 1. The van der Waals surface area contributed by atoms with Crippen molar-refractivity contribution in [1.29, 1.82) is 0 Å². The van der Waals surface area contributed by atoms with Crippen molar-refractivity contribution in [3.05, 3.63) is 0 Å². The molecule has 0 aromatic rings. The summed E-state index contributed by atoms with van der Waals surface area (Å²) < 4.78 is 0. The number of amides is 2. The van der Waals surface area contributed by atoms with Crippen LogP contribution in [0.15, 0.2) is 4.99 Å². The summed E-state index contributed by atoms with van der Waals surface area (Å²) >= 11 is 0. The first-order valence-electron chi connectivity index (χ1n) is 7.88. The monoisotopic (exact) mass is 342 g/mol. The summed E-state index contributed by atoms with van der Waals surface area (Å²) in [6.07, 6.45) is 1.77. The fourth-order valence-corrected chi connectivity index (χ4v) is 2.55. The predicted octanol–water partition coefficient (Wildman–Crippen LogP) is -2.05. The normalized spacial score (nSPS) is 19.4. The molecule has 2 amide bonds. The van der Waals surface area contributed by atoms with Crippen LogP contribution in [0.2, 0.25) is 0 Å². The zero-order valence-corrected chi connectivity index (χ0v) is 13.8. The highest BCUT2D eigenvalue weighted by Crippen LogP contribution is 2.19. The smallest absolute Gasteiger partial charge is 0.326 e. The van der Waals surface area contributed by atoms with Gasteiger partial charge < -0.3 is 32.5 Å². The summed E-state index contributed by atoms with van der Waals surface area (Å²) in [4.78, 5) is 40.9. The second-order valence-corrected chi connectivity index (χ2v) is 5.83. The lowest BCUT2D eigenvalue weighted by Crippen LogP contribution is -2.54. The molecular formula is C14H26N6O4. The van der Waals surface area contributed by atoms with Gasteiger partial charge in [-0.15, -0.1) is 0 Å². The highest BCUT2D eigenvalue weighted by atomic mass is 16.4. The Labute approximate surface area is 140 Å². The molecule has 8 N–H and O–H groups in total. The third-order valence-electron chi connectivity index (χ3n) is 3.79. The molecule has 0 aliphatic carbocycles. The molecule has 0 spiro atoms. The van der Waals surface area contributed by atoms with Crippen molar-refractivity contribution in [3.8, 4) is 0 Å². The van der Waals surface area contributed by atoms with Crippen LogP contribution >= 0.6 is 0 Å². The number of aliphatic carboxylic acids is 1. The van der Waals surface area contributed by atoms with E-state index in [0.717, 1.165) is 0 Å². The van der Waals surface area contributed by atoms with Gasteiger partial charge in [0.1, 0.15) is 12.1 Å². The Balaban J connectivity index is 2.78. The zero-order chi connectivity index (χ0) is 18.3. The lowest BCUT2D eigenvalue weighted by Gasteiger charge is -2.27. The predicted molar refractivity (Wildman–Crippen MR) is 87.9 cm³/mol. The fraction of sp³-hybridized carbons (Fsp3) is 0.714. The Hall–Kier alpha value is -2.36. The zero-order valence-electron chi connectivity index (χ0n) is 13.8. The van der Waals surface area contributed by atoms with Crippen LogP contribution in [0.1, 0.15) is 32.6 Å². The number of nitrogens with two attached hydrogens (primary N) is 3. The number of rotatable bonds is 8. The van der Waals surface area contributed by atoms with Crippen molar-refractivity contribution >= 4 is 23.7 Å². The first-order valence-corrected chi connectivity index (χ1v) is 7.88. The van der Waals surface area contributed by atoms with Gasteiger partial charge in [-0.25, -0.2) is 4.79 Å². The molecular weight excluding hydrogens is 316 g/mol. The van der Waals surface area contributed by atoms with Gasteiger partial charge in [-0.1, -0.05) is 0 Å². The van der Waals surface area contributed by atoms with Crippen molar-refractivity contribution in [2.75, 3.05) is 13.1 Å². The summed E-state index contributed by atoms with van der Waals surface area (Å²) in [6, 6.07) is -2.48. The lowest BCUT2D eigenvalue weighted by atomic mass is 10.1. The number of guanidine groups is 1. The molecule has 136 valence electrons. The number of carbonyl (C=O) groups excluding carboxylic acids is 2. The maximum absolute atomic E-state index is 12.7. The molecule has 0 aromatic heterocycles. The third-order valence-corrected chi connectivity index (χ3v) is 3.79. The Bertz CT molecular complexity index is 503. The molecule has 0 radical (unpaired) electrons. The lowest BCUT2D eigenvalue weighted by molar-refractivity contribution is -0.149. The SMILES string of the molecule is CC(N)C(=O)NC(CCCN=C(N)N)C(=O)N1CCCC1C(=O)O. The standard InChI is InChI=1S/C14H26N6O4/c1-8(15)11(21)19-9(4-2-6-18-14(16)17)12(22)20-7-3-5-10(20)13(23)24/h8-10H,2-7,15H2,1H3,(H,19,21)(H,23,24)(H4,16,17,18). The van der Waals surface area contributed by atoms with Gasteiger partial charge in [-0.2, -0.15) is 0 Å². The van der Waals surface area contributed by atoms with Gasteiger partial charge in [0, 0.05) is 13.1 Å². The number of aliphatic imine (C=N–C) groups is 1. The van der Waals surface area contributed by atoms with Gasteiger partial charge in [0.2, 0.25) is 11.8 Å². The van der Waals surface area contributed by atoms with E-state index < -0.39 is 35.9 Å². The van der Waals surface area contributed by atoms with E-state index in [9.17, 15) is 19.5 Å². The van der Waals surface area contributed by atoms with Gasteiger partial charge in [0.15, 0.2) is 5.96 Å². The van der Waals surface area contributed by atoms with Crippen molar-refractivity contribution < 1.29 is 19.5 Å². The second kappa shape index (κ2) is 9.06. The summed E-state index contributed by atoms with van der Waals surface area (Å²) in [7, 11) is 0. The van der Waals surface area contributed by atoms with Crippen LogP contribution < -0.4 is 22.5 Å². The molecule has 10 nitrogen and oxygen atoms in total. The highest BCUT2D eigenvalue weighted by Gasteiger charge is 2.37. The first-order chi connectivity index (χ1) is 11.2. The topological polar surface area (TPSA) is 177 Å². The van der Waals surface area contributed by atoms with Gasteiger partial charge in [0.05, 0.1) is 6.04 Å². The van der Waals surface area contributed by atoms with E-state index in [1.165, 1.54) is 11.8 Å². The fourth-order valence-electron chi connectivity index (χ4n) is 2.55. The molecule has 10 heteroatoms. The van der Waals surface area contributed by atoms with Gasteiger partial charge in [-0.3, -0.25) is 14.6 Å². The van der Waals surface area contributed by atoms with Gasteiger partial charge >= 0.3 is 5.97 Å². The summed E-state index contributed by atoms with van der Waals surface area (Å²) in [6.45, 7) is 2.17. The molecule has 3 atom stereocenters. The maximum atomic E-state index is 12.7. The van der Waals surface area contributed by atoms with Crippen LogP contribution in [0.4, 0.5) is 0 Å². The molecule has 0 saturated carbocycles. The quantitative estimate of drug-likeness (QED) is 0.191. The van der Waals surface area contributed by atoms with Crippen LogP contribution in [0.25, 0.3) is 0 Å². The average Bonchev–Trinajstić information content (AvgIpc) is 2.98. The number of hydrogen-bond acceptors (Lipinski definition) is 5. The summed E-state index contributed by atoms with van der Waals surface area (Å²) in [5, 5.41) is 11.8. The van der Waals surface area contributed by atoms with Crippen LogP contribution in [0, 0.1) is 0 Å². The first kappa shape index (κ1) is 19.7. The van der Waals surface area contributed by atoms with E-state index in [1.54, 1.807) is 0 Å². The van der Waals surface area contributed by atoms with E-state index >= 15 is 0 Å². The number of carbonyl (C=O) groups is 3. The third kappa shape index (κ3) is 5.69. The second-order valence-electron chi connectivity index (χ2n) is 5.83. The number of nitrogens with one attached hydrogen (secondary N) is 1. The molecule has 0 bridgehead atoms. The van der Waals surface area contributed by atoms with Crippen LogP contribution in [-0.4, -0.2) is 65.0 Å². The Morgan fingerprint density at radius 3 is 2.58 bits per heavy atom. The van der Waals surface area contributed by atoms with E-state index in [0.29, 0.717) is 32.4 Å². The highest BCUT2D eigenvalue weighted by molar-refractivity contribution is 5.92. The molecule has 0 aromatic carbocycles. The van der Waals surface area contributed by atoms with Crippen molar-refractivity contribution in [1.82, 2.24) is 10.2 Å². The maximum Gasteiger partial charge on any atom is 0.326 e. The minimum atomic E-state index is -1.04. The van der Waals surface area contributed by atoms with Crippen molar-refractivity contribution in [3.63, 3.8) is 0 Å². The minimum absolute atomic E-state index is 0.0528. The summed E-state index contributed by atoms with van der Waals surface area (Å²) in [5.74, 6) is -1.98. The molecule has 1 rings (SSSR count). The number of carboxylic acids is 1. The molecule has 1 aliphatic heterocycles. The van der Waals surface area contributed by atoms with E-state index in [4.69, 9.17) is 17.2 Å². The van der Waals surface area contributed by atoms with Crippen LogP contribution in [0.5, 0.6) is 0 Å². The molecule has 1 heterocycles. The minimum Gasteiger partial charge on any atom is -0.480 e. The molecule has 1 saturated heterocycles. The molecule has 24 heavy (non-hydrogen) atoms. The molecule has 3 unspecified atom stereocenters. The van der Waals surface area contributed by atoms with Crippen molar-refractivity contribution in [2.45, 2.75) is 50.7 Å². The van der Waals surface area contributed by atoms with Gasteiger partial charge in [-0.05, 0) is 32.6 Å². The largest absolute Gasteiger partial charge is 0.480 e. The van der Waals surface area contributed by atoms with Gasteiger partial charge in [0.25, 0.3) is 0 Å². The van der Waals surface area contributed by atoms with E-state index in [1.807, 2.05) is 0 Å². The summed E-state index contributed by atoms with van der Waals surface area (Å²) in [5.41, 5.74) is 16.0.